The monoisotopic (exact) mass is 951 g/mol. The molecule has 14 rings (SSSR count). The second kappa shape index (κ2) is 17.1. The lowest BCUT2D eigenvalue weighted by atomic mass is 9.82. The molecule has 0 saturated heterocycles. The van der Waals surface area contributed by atoms with E-state index in [0.29, 0.717) is 0 Å². The van der Waals surface area contributed by atoms with Crippen LogP contribution in [0.1, 0.15) is 25.0 Å². The van der Waals surface area contributed by atoms with E-state index in [1.54, 1.807) is 0 Å². The van der Waals surface area contributed by atoms with Crippen molar-refractivity contribution in [2.24, 2.45) is 0 Å². The van der Waals surface area contributed by atoms with E-state index in [-0.39, 0.29) is 5.41 Å². The number of hydrogen-bond donors (Lipinski definition) is 0. The standard InChI is InChI=1S/C69H49N3S/c1-69(2)61-32-18-15-29-54(61)55-41-39-52(43-62(55)69)70(48-23-9-4-10-24-48)53-40-42-57(64(44-53)71(49-25-11-5-12-26-49)51-37-35-47(36-38-51)46-21-7-3-8-22-46)60-45-59-56-30-16-19-33-63(56)72(50-27-13-6-14-28-50)67(59)66-58-31-17-20-34-65(58)73-68(60)66/h3-45H,1-2H3. The minimum Gasteiger partial charge on any atom is -0.310 e. The zero-order valence-electron chi connectivity index (χ0n) is 40.6. The Morgan fingerprint density at radius 3 is 1.64 bits per heavy atom. The molecule has 346 valence electrons. The van der Waals surface area contributed by atoms with Gasteiger partial charge in [0.2, 0.25) is 0 Å². The lowest BCUT2D eigenvalue weighted by Gasteiger charge is -2.32. The van der Waals surface area contributed by atoms with Crippen LogP contribution in [0.2, 0.25) is 0 Å². The average Bonchev–Trinajstić information content (AvgIpc) is 4.08. The molecule has 0 amide bonds. The fraction of sp³-hybridized carbons (Fsp3) is 0.0435. The third kappa shape index (κ3) is 6.93. The molecule has 0 atom stereocenters. The highest BCUT2D eigenvalue weighted by atomic mass is 32.1. The maximum Gasteiger partial charge on any atom is 0.0634 e. The molecule has 1 aliphatic carbocycles. The van der Waals surface area contributed by atoms with Crippen LogP contribution in [0, 0.1) is 0 Å². The van der Waals surface area contributed by atoms with Crippen LogP contribution in [0.15, 0.2) is 261 Å². The number of para-hydroxylation sites is 4. The normalized spacial score (nSPS) is 12.6. The first kappa shape index (κ1) is 42.9. The summed E-state index contributed by atoms with van der Waals surface area (Å²) in [5.41, 5.74) is 20.0. The van der Waals surface area contributed by atoms with Gasteiger partial charge in [-0.05, 0) is 124 Å². The number of anilines is 6. The van der Waals surface area contributed by atoms with Crippen LogP contribution < -0.4 is 9.80 Å². The van der Waals surface area contributed by atoms with E-state index in [2.05, 4.69) is 289 Å². The number of hydrogen-bond acceptors (Lipinski definition) is 3. The average molecular weight is 952 g/mol. The maximum atomic E-state index is 2.49. The molecule has 73 heavy (non-hydrogen) atoms. The fourth-order valence-electron chi connectivity index (χ4n) is 11.7. The van der Waals surface area contributed by atoms with Gasteiger partial charge in [-0.1, -0.05) is 184 Å². The molecular formula is C69H49N3S. The third-order valence-corrected chi connectivity index (χ3v) is 16.4. The van der Waals surface area contributed by atoms with Crippen molar-refractivity contribution < 1.29 is 0 Å². The molecule has 0 bridgehead atoms. The molecule has 11 aromatic carbocycles. The van der Waals surface area contributed by atoms with Crippen LogP contribution in [-0.2, 0) is 5.41 Å². The number of nitrogens with zero attached hydrogens (tertiary/aromatic N) is 3. The summed E-state index contributed by atoms with van der Waals surface area (Å²) in [6.45, 7) is 4.73. The SMILES string of the molecule is CC1(C)c2ccccc2-c2ccc(N(c3ccccc3)c3ccc(-c4cc5c6ccccc6n(-c6ccccc6)c5c5c4sc4ccccc45)c(N(c4ccccc4)c4ccc(-c5ccccc5)cc4)c3)cc21. The van der Waals surface area contributed by atoms with Gasteiger partial charge in [0.1, 0.15) is 0 Å². The summed E-state index contributed by atoms with van der Waals surface area (Å²) in [5.74, 6) is 0. The van der Waals surface area contributed by atoms with Gasteiger partial charge in [0.05, 0.1) is 16.7 Å². The van der Waals surface area contributed by atoms with Gasteiger partial charge in [-0.2, -0.15) is 0 Å². The van der Waals surface area contributed by atoms with E-state index in [1.807, 2.05) is 11.3 Å². The minimum atomic E-state index is -0.159. The van der Waals surface area contributed by atoms with E-state index in [1.165, 1.54) is 80.9 Å². The smallest absolute Gasteiger partial charge is 0.0634 e. The van der Waals surface area contributed by atoms with Gasteiger partial charge in [0, 0.05) is 81.6 Å². The molecule has 0 spiro atoms. The van der Waals surface area contributed by atoms with Gasteiger partial charge >= 0.3 is 0 Å². The topological polar surface area (TPSA) is 11.4 Å². The van der Waals surface area contributed by atoms with E-state index >= 15 is 0 Å². The first-order valence-corrected chi connectivity index (χ1v) is 26.0. The van der Waals surface area contributed by atoms with Crippen LogP contribution in [0.3, 0.4) is 0 Å². The second-order valence-electron chi connectivity index (χ2n) is 19.7. The predicted octanol–water partition coefficient (Wildman–Crippen LogP) is 19.7. The third-order valence-electron chi connectivity index (χ3n) is 15.2. The molecule has 2 heterocycles. The molecule has 0 fully saturated rings. The number of thiophene rings is 1. The summed E-state index contributed by atoms with van der Waals surface area (Å²) in [6.07, 6.45) is 0. The highest BCUT2D eigenvalue weighted by Crippen LogP contribution is 2.54. The molecule has 0 aliphatic heterocycles. The summed E-state index contributed by atoms with van der Waals surface area (Å²) in [7, 11) is 0. The zero-order valence-corrected chi connectivity index (χ0v) is 41.4. The first-order chi connectivity index (χ1) is 36.0. The largest absolute Gasteiger partial charge is 0.310 e. The Labute approximate surface area is 429 Å². The van der Waals surface area contributed by atoms with Crippen LogP contribution in [0.25, 0.3) is 81.0 Å². The summed E-state index contributed by atoms with van der Waals surface area (Å²) >= 11 is 1.89. The number of aromatic nitrogens is 1. The molecule has 0 radical (unpaired) electrons. The van der Waals surface area contributed by atoms with Gasteiger partial charge in [-0.15, -0.1) is 11.3 Å². The van der Waals surface area contributed by atoms with Gasteiger partial charge in [0.25, 0.3) is 0 Å². The van der Waals surface area contributed by atoms with Gasteiger partial charge in [-0.3, -0.25) is 0 Å². The van der Waals surface area contributed by atoms with E-state index < -0.39 is 0 Å². The Bertz CT molecular complexity index is 4210. The van der Waals surface area contributed by atoms with Crippen molar-refractivity contribution in [1.29, 1.82) is 0 Å². The summed E-state index contributed by atoms with van der Waals surface area (Å²) < 4.78 is 5.01. The van der Waals surface area contributed by atoms with Gasteiger partial charge in [0.15, 0.2) is 0 Å². The summed E-state index contributed by atoms with van der Waals surface area (Å²) in [6, 6.07) is 95.9. The molecule has 3 nitrogen and oxygen atoms in total. The molecule has 0 saturated carbocycles. The van der Waals surface area contributed by atoms with Crippen molar-refractivity contribution in [1.82, 2.24) is 4.57 Å². The maximum absolute atomic E-state index is 2.49. The Balaban J connectivity index is 1.07. The quantitative estimate of drug-likeness (QED) is 0.143. The van der Waals surface area contributed by atoms with Crippen molar-refractivity contribution >= 4 is 87.4 Å². The predicted molar refractivity (Wildman–Crippen MR) is 311 cm³/mol. The van der Waals surface area contributed by atoms with Crippen LogP contribution in [0.5, 0.6) is 0 Å². The van der Waals surface area contributed by atoms with Gasteiger partial charge < -0.3 is 14.4 Å². The molecule has 0 N–H and O–H groups in total. The van der Waals surface area contributed by atoms with Crippen molar-refractivity contribution in [3.63, 3.8) is 0 Å². The van der Waals surface area contributed by atoms with Gasteiger partial charge in [-0.25, -0.2) is 0 Å². The van der Waals surface area contributed by atoms with E-state index in [0.717, 1.165) is 45.4 Å². The Hall–Kier alpha value is -8.96. The second-order valence-corrected chi connectivity index (χ2v) is 20.7. The minimum absolute atomic E-state index is 0.159. The molecule has 1 aliphatic rings. The Morgan fingerprint density at radius 2 is 0.904 bits per heavy atom. The van der Waals surface area contributed by atoms with E-state index in [9.17, 15) is 0 Å². The van der Waals surface area contributed by atoms with Crippen molar-refractivity contribution in [2.75, 3.05) is 9.80 Å². The van der Waals surface area contributed by atoms with Crippen molar-refractivity contribution in [3.05, 3.63) is 272 Å². The fourth-order valence-corrected chi connectivity index (χ4v) is 13.0. The molecule has 0 unspecified atom stereocenters. The Morgan fingerprint density at radius 1 is 0.370 bits per heavy atom. The highest BCUT2D eigenvalue weighted by Gasteiger charge is 2.36. The van der Waals surface area contributed by atoms with Crippen LogP contribution in [-0.4, -0.2) is 4.57 Å². The molecular weight excluding hydrogens is 903 g/mol. The first-order valence-electron chi connectivity index (χ1n) is 25.2. The molecule has 4 heteroatoms. The lowest BCUT2D eigenvalue weighted by molar-refractivity contribution is 0.660. The zero-order chi connectivity index (χ0) is 48.6. The number of benzene rings is 11. The lowest BCUT2D eigenvalue weighted by Crippen LogP contribution is -2.17. The molecule has 13 aromatic rings. The molecule has 2 aromatic heterocycles. The van der Waals surface area contributed by atoms with Crippen molar-refractivity contribution in [2.45, 2.75) is 19.3 Å². The van der Waals surface area contributed by atoms with Crippen LogP contribution in [0.4, 0.5) is 34.1 Å². The summed E-state index contributed by atoms with van der Waals surface area (Å²) in [5, 5.41) is 4.99. The van der Waals surface area contributed by atoms with E-state index in [4.69, 9.17) is 0 Å². The Kier molecular flexibility index (Phi) is 10.1. The van der Waals surface area contributed by atoms with Crippen LogP contribution >= 0.6 is 11.3 Å². The van der Waals surface area contributed by atoms with Crippen molar-refractivity contribution in [3.8, 4) is 39.1 Å². The number of rotatable bonds is 9. The number of fused-ring (bicyclic) bond motifs is 10. The summed E-state index contributed by atoms with van der Waals surface area (Å²) in [4.78, 5) is 4.91. The highest BCUT2D eigenvalue weighted by molar-refractivity contribution is 7.26.